The van der Waals surface area contributed by atoms with Gasteiger partial charge in [-0.05, 0) is 6.92 Å². The fourth-order valence-corrected chi connectivity index (χ4v) is 1.54. The zero-order valence-corrected chi connectivity index (χ0v) is 13.0. The molecule has 0 saturated carbocycles. The quantitative estimate of drug-likeness (QED) is 0.496. The van der Waals surface area contributed by atoms with Crippen molar-refractivity contribution in [3.8, 4) is 0 Å². The normalized spacial score (nSPS) is 8.43. The van der Waals surface area contributed by atoms with Crippen LogP contribution in [-0.2, 0) is 25.8 Å². The third kappa shape index (κ3) is 2.60. The summed E-state index contributed by atoms with van der Waals surface area (Å²) in [4.78, 5) is 0. The molecule has 0 radical (unpaired) electrons. The summed E-state index contributed by atoms with van der Waals surface area (Å²) >= 11 is 0. The van der Waals surface area contributed by atoms with Gasteiger partial charge in [-0.1, -0.05) is 18.6 Å². The minimum absolute atomic E-state index is 0. The van der Waals surface area contributed by atoms with Gasteiger partial charge < -0.3 is 14.9 Å². The Morgan fingerprint density at radius 1 is 0.929 bits per heavy atom. The van der Waals surface area contributed by atoms with E-state index in [1.165, 1.54) is 21.9 Å². The molecule has 0 atom stereocenters. The van der Waals surface area contributed by atoms with Gasteiger partial charge in [0.25, 0.3) is 0 Å². The molecule has 14 heavy (non-hydrogen) atoms. The standard InChI is InChI=1S/C11H11.2CH3.Hf/c1-8-6-7-9(2)11-5-3-4-10(8)11;;;/h3-7H,1-2H3;2*1H3;/q3*-1;. The van der Waals surface area contributed by atoms with Crippen LogP contribution in [0.25, 0.3) is 10.8 Å². The first-order chi connectivity index (χ1) is 5.29. The van der Waals surface area contributed by atoms with Crippen LogP contribution in [0.5, 0.6) is 0 Å². The SMILES string of the molecule is Cc1ccc(C)c2[cH-]ccc12.[CH3-].[CH3-].[Hf]. The van der Waals surface area contributed by atoms with E-state index in [4.69, 9.17) is 0 Å². The minimum atomic E-state index is 0. The maximum absolute atomic E-state index is 2.18. The predicted molar refractivity (Wildman–Crippen MR) is 61.8 cm³/mol. The van der Waals surface area contributed by atoms with Crippen molar-refractivity contribution in [2.45, 2.75) is 13.8 Å². The number of benzene rings is 1. The Kier molecular flexibility index (Phi) is 7.19. The van der Waals surface area contributed by atoms with Gasteiger partial charge in [0.2, 0.25) is 0 Å². The van der Waals surface area contributed by atoms with Crippen molar-refractivity contribution >= 4 is 10.8 Å². The van der Waals surface area contributed by atoms with Crippen LogP contribution < -0.4 is 0 Å². The molecule has 0 aliphatic heterocycles. The van der Waals surface area contributed by atoms with Gasteiger partial charge >= 0.3 is 0 Å². The fourth-order valence-electron chi connectivity index (χ4n) is 1.54. The molecule has 76 valence electrons. The molecule has 0 nitrogen and oxygen atoms in total. The largest absolute Gasteiger partial charge is 0.358 e. The van der Waals surface area contributed by atoms with Crippen molar-refractivity contribution < 1.29 is 25.8 Å². The number of rotatable bonds is 0. The predicted octanol–water partition coefficient (Wildman–Crippen LogP) is 4.07. The maximum Gasteiger partial charge on any atom is 0 e. The zero-order valence-electron chi connectivity index (χ0n) is 9.39. The first-order valence-corrected chi connectivity index (χ1v) is 3.90. The van der Waals surface area contributed by atoms with E-state index in [1.54, 1.807) is 0 Å². The van der Waals surface area contributed by atoms with E-state index in [2.05, 4.69) is 44.2 Å². The topological polar surface area (TPSA) is 0 Å². The molecule has 2 aromatic carbocycles. The van der Waals surface area contributed by atoms with Crippen molar-refractivity contribution in [3.63, 3.8) is 0 Å². The average molecular weight is 352 g/mol. The molecule has 0 saturated heterocycles. The first-order valence-electron chi connectivity index (χ1n) is 3.90. The molecule has 2 rings (SSSR count). The molecule has 1 heteroatoms. The van der Waals surface area contributed by atoms with Crippen molar-refractivity contribution in [2.24, 2.45) is 0 Å². The van der Waals surface area contributed by atoms with Crippen LogP contribution in [-0.4, -0.2) is 0 Å². The molecule has 0 N–H and O–H groups in total. The van der Waals surface area contributed by atoms with Crippen LogP contribution >= 0.6 is 0 Å². The molecule has 0 spiro atoms. The Labute approximate surface area is 106 Å². The molecule has 0 aromatic heterocycles. The van der Waals surface area contributed by atoms with E-state index >= 15 is 0 Å². The molecular weight excluding hydrogens is 335 g/mol. The Morgan fingerprint density at radius 2 is 1.50 bits per heavy atom. The van der Waals surface area contributed by atoms with Gasteiger partial charge in [0, 0.05) is 25.8 Å². The second-order valence-corrected chi connectivity index (χ2v) is 3.05. The zero-order chi connectivity index (χ0) is 7.84. The van der Waals surface area contributed by atoms with Gasteiger partial charge in [-0.2, -0.15) is 12.1 Å². The van der Waals surface area contributed by atoms with Gasteiger partial charge in [-0.25, -0.2) is 0 Å². The average Bonchev–Trinajstić information content (AvgIpc) is 2.45. The molecule has 0 bridgehead atoms. The maximum atomic E-state index is 2.18. The van der Waals surface area contributed by atoms with Crippen LogP contribution in [0.1, 0.15) is 11.1 Å². The summed E-state index contributed by atoms with van der Waals surface area (Å²) in [5.74, 6) is 0. The van der Waals surface area contributed by atoms with Crippen LogP contribution in [0.15, 0.2) is 30.3 Å². The van der Waals surface area contributed by atoms with Gasteiger partial charge in [0.1, 0.15) is 0 Å². The summed E-state index contributed by atoms with van der Waals surface area (Å²) in [7, 11) is 0. The molecule has 0 aliphatic rings. The van der Waals surface area contributed by atoms with Gasteiger partial charge in [0.05, 0.1) is 0 Å². The van der Waals surface area contributed by atoms with Gasteiger partial charge in [-0.3, -0.25) is 0 Å². The van der Waals surface area contributed by atoms with E-state index in [0.717, 1.165) is 0 Å². The van der Waals surface area contributed by atoms with Crippen LogP contribution in [0.2, 0.25) is 0 Å². The van der Waals surface area contributed by atoms with Crippen molar-refractivity contribution in [1.82, 2.24) is 0 Å². The molecule has 0 unspecified atom stereocenters. The summed E-state index contributed by atoms with van der Waals surface area (Å²) in [5, 5.41) is 2.79. The van der Waals surface area contributed by atoms with Crippen LogP contribution in [0.4, 0.5) is 0 Å². The summed E-state index contributed by atoms with van der Waals surface area (Å²) < 4.78 is 0. The summed E-state index contributed by atoms with van der Waals surface area (Å²) in [6.45, 7) is 4.31. The number of hydrogen-bond donors (Lipinski definition) is 0. The van der Waals surface area contributed by atoms with Gasteiger partial charge in [0.15, 0.2) is 0 Å². The van der Waals surface area contributed by atoms with Crippen molar-refractivity contribution in [1.29, 1.82) is 0 Å². The van der Waals surface area contributed by atoms with E-state index in [9.17, 15) is 0 Å². The third-order valence-corrected chi connectivity index (χ3v) is 2.25. The van der Waals surface area contributed by atoms with Crippen LogP contribution in [0, 0.1) is 28.7 Å². The number of aryl methyl sites for hydroxylation is 2. The Hall–Kier alpha value is -0.300. The smallest absolute Gasteiger partial charge is 0 e. The van der Waals surface area contributed by atoms with Crippen LogP contribution in [0.3, 0.4) is 0 Å². The molecular formula is C13H17Hf-3. The van der Waals surface area contributed by atoms with Crippen molar-refractivity contribution in [3.05, 3.63) is 56.3 Å². The first kappa shape index (κ1) is 16.1. The van der Waals surface area contributed by atoms with Gasteiger partial charge in [-0.15, -0.1) is 28.5 Å². The molecule has 2 aromatic rings. The second kappa shape index (κ2) is 6.23. The van der Waals surface area contributed by atoms with E-state index < -0.39 is 0 Å². The summed E-state index contributed by atoms with van der Waals surface area (Å²) in [6.07, 6.45) is 0. The second-order valence-electron chi connectivity index (χ2n) is 3.05. The fraction of sp³-hybridized carbons (Fsp3) is 0.154. The Morgan fingerprint density at radius 3 is 2.07 bits per heavy atom. The summed E-state index contributed by atoms with van der Waals surface area (Å²) in [5.41, 5.74) is 2.74. The minimum Gasteiger partial charge on any atom is -0.358 e. The van der Waals surface area contributed by atoms with Crippen molar-refractivity contribution in [2.75, 3.05) is 0 Å². The molecule has 0 fully saturated rings. The number of fused-ring (bicyclic) bond motifs is 1. The number of hydrogen-bond acceptors (Lipinski definition) is 0. The third-order valence-electron chi connectivity index (χ3n) is 2.25. The van der Waals surface area contributed by atoms with E-state index in [-0.39, 0.29) is 40.7 Å². The molecule has 0 amide bonds. The Balaban J connectivity index is 0. The molecule has 0 heterocycles. The van der Waals surface area contributed by atoms with E-state index in [0.29, 0.717) is 0 Å². The van der Waals surface area contributed by atoms with E-state index in [1.807, 2.05) is 0 Å². The Bertz CT molecular complexity index is 349. The molecule has 0 aliphatic carbocycles. The monoisotopic (exact) mass is 353 g/mol. The summed E-state index contributed by atoms with van der Waals surface area (Å²) in [6, 6.07) is 10.8.